The van der Waals surface area contributed by atoms with Gasteiger partial charge in [0.15, 0.2) is 0 Å². The highest BCUT2D eigenvalue weighted by molar-refractivity contribution is 6.13. The van der Waals surface area contributed by atoms with E-state index in [4.69, 9.17) is 0 Å². The predicted octanol–water partition coefficient (Wildman–Crippen LogP) is 4.40. The molecule has 3 heteroatoms. The van der Waals surface area contributed by atoms with Crippen molar-refractivity contribution in [3.8, 4) is 0 Å². The average Bonchev–Trinajstić information content (AvgIpc) is 2.63. The van der Waals surface area contributed by atoms with Crippen molar-refractivity contribution in [1.29, 1.82) is 0 Å². The van der Waals surface area contributed by atoms with Crippen molar-refractivity contribution in [3.63, 3.8) is 0 Å². The van der Waals surface area contributed by atoms with Crippen LogP contribution in [0.1, 0.15) is 27.8 Å². The first-order valence-electron chi connectivity index (χ1n) is 8.05. The number of oxime groups is 1. The summed E-state index contributed by atoms with van der Waals surface area (Å²) in [5, 5.41) is 13.2. The van der Waals surface area contributed by atoms with Crippen LogP contribution in [0.4, 0.5) is 0 Å². The van der Waals surface area contributed by atoms with E-state index < -0.39 is 0 Å². The van der Waals surface area contributed by atoms with Gasteiger partial charge in [0, 0.05) is 23.5 Å². The van der Waals surface area contributed by atoms with Crippen LogP contribution in [0.25, 0.3) is 0 Å². The third kappa shape index (κ3) is 3.51. The molecule has 0 atom stereocenters. The van der Waals surface area contributed by atoms with E-state index in [1.807, 2.05) is 30.3 Å². The highest BCUT2D eigenvalue weighted by Crippen LogP contribution is 2.21. The maximum Gasteiger partial charge on any atom is 0.118 e. The monoisotopic (exact) mass is 316 g/mol. The second-order valence-electron chi connectivity index (χ2n) is 5.78. The Morgan fingerprint density at radius 3 is 2.50 bits per heavy atom. The van der Waals surface area contributed by atoms with Crippen LogP contribution in [0.3, 0.4) is 0 Å². The fraction of sp³-hybridized carbons (Fsp3) is 0.143. The van der Waals surface area contributed by atoms with E-state index in [0.29, 0.717) is 5.71 Å². The van der Waals surface area contributed by atoms with Crippen molar-refractivity contribution in [1.82, 2.24) is 4.98 Å². The summed E-state index contributed by atoms with van der Waals surface area (Å²) in [5.74, 6) is 0. The Hall–Kier alpha value is -2.94. The van der Waals surface area contributed by atoms with Crippen molar-refractivity contribution in [2.24, 2.45) is 5.16 Å². The highest BCUT2D eigenvalue weighted by Gasteiger charge is 2.14. The normalized spacial score (nSPS) is 11.5. The van der Waals surface area contributed by atoms with Gasteiger partial charge in [-0.05, 0) is 48.6 Å². The number of aromatic nitrogens is 1. The lowest BCUT2D eigenvalue weighted by molar-refractivity contribution is 0.319. The Morgan fingerprint density at radius 2 is 1.79 bits per heavy atom. The fourth-order valence-corrected chi connectivity index (χ4v) is 2.94. The maximum absolute atomic E-state index is 9.59. The minimum Gasteiger partial charge on any atom is -0.410 e. The van der Waals surface area contributed by atoms with E-state index >= 15 is 0 Å². The molecule has 1 aromatic heterocycles. The van der Waals surface area contributed by atoms with Crippen molar-refractivity contribution in [3.05, 3.63) is 101 Å². The summed E-state index contributed by atoms with van der Waals surface area (Å²) in [7, 11) is 0. The standard InChI is InChI=1S/C21H20N2O/c1-16-7-5-11-20(21(23-24)18-10-6-14-22-15-18)19(16)13-12-17-8-3-2-4-9-17/h2-11,14-15,24H,12-13H2,1H3. The molecule has 0 radical (unpaired) electrons. The maximum atomic E-state index is 9.59. The number of hydrogen-bond acceptors (Lipinski definition) is 3. The van der Waals surface area contributed by atoms with Crippen LogP contribution < -0.4 is 0 Å². The first-order valence-corrected chi connectivity index (χ1v) is 8.05. The zero-order valence-corrected chi connectivity index (χ0v) is 13.7. The molecule has 0 saturated carbocycles. The first kappa shape index (κ1) is 15.9. The Bertz CT molecular complexity index is 827. The van der Waals surface area contributed by atoms with Gasteiger partial charge in [0.25, 0.3) is 0 Å². The Labute approximate surface area is 142 Å². The Balaban J connectivity index is 1.95. The summed E-state index contributed by atoms with van der Waals surface area (Å²) < 4.78 is 0. The van der Waals surface area contributed by atoms with E-state index in [1.165, 1.54) is 16.7 Å². The Morgan fingerprint density at radius 1 is 0.958 bits per heavy atom. The molecule has 3 aromatic rings. The van der Waals surface area contributed by atoms with Crippen molar-refractivity contribution in [2.75, 3.05) is 0 Å². The number of pyridine rings is 1. The summed E-state index contributed by atoms with van der Waals surface area (Å²) in [6.45, 7) is 2.10. The van der Waals surface area contributed by atoms with Gasteiger partial charge in [-0.2, -0.15) is 0 Å². The number of aryl methyl sites for hydroxylation is 2. The largest absolute Gasteiger partial charge is 0.410 e. The van der Waals surface area contributed by atoms with Crippen LogP contribution >= 0.6 is 0 Å². The molecule has 0 unspecified atom stereocenters. The topological polar surface area (TPSA) is 45.5 Å². The van der Waals surface area contributed by atoms with Gasteiger partial charge < -0.3 is 5.21 Å². The van der Waals surface area contributed by atoms with Gasteiger partial charge in [-0.25, -0.2) is 0 Å². The molecule has 0 amide bonds. The summed E-state index contributed by atoms with van der Waals surface area (Å²) in [6, 6.07) is 20.3. The number of hydrogen-bond donors (Lipinski definition) is 1. The molecular formula is C21H20N2O. The van der Waals surface area contributed by atoms with Crippen LogP contribution in [0.5, 0.6) is 0 Å². The van der Waals surface area contributed by atoms with E-state index in [2.05, 4.69) is 47.4 Å². The molecule has 0 spiro atoms. The van der Waals surface area contributed by atoms with Crippen LogP contribution in [-0.4, -0.2) is 15.9 Å². The molecule has 0 fully saturated rings. The van der Waals surface area contributed by atoms with Gasteiger partial charge in [0.2, 0.25) is 0 Å². The molecule has 0 aliphatic rings. The lowest BCUT2D eigenvalue weighted by atomic mass is 9.91. The van der Waals surface area contributed by atoms with Crippen molar-refractivity contribution in [2.45, 2.75) is 19.8 Å². The minimum atomic E-state index is 0.565. The molecule has 0 aliphatic carbocycles. The smallest absolute Gasteiger partial charge is 0.118 e. The number of benzene rings is 2. The molecule has 0 saturated heterocycles. The molecule has 0 bridgehead atoms. The van der Waals surface area contributed by atoms with Crippen LogP contribution in [0.15, 0.2) is 78.2 Å². The van der Waals surface area contributed by atoms with Gasteiger partial charge in [-0.1, -0.05) is 53.7 Å². The van der Waals surface area contributed by atoms with Gasteiger partial charge in [-0.3, -0.25) is 4.98 Å². The second kappa shape index (κ2) is 7.55. The van der Waals surface area contributed by atoms with Crippen molar-refractivity contribution >= 4 is 5.71 Å². The third-order valence-electron chi connectivity index (χ3n) is 4.21. The number of nitrogens with zero attached hydrogens (tertiary/aromatic N) is 2. The molecule has 2 aromatic carbocycles. The van der Waals surface area contributed by atoms with Crippen molar-refractivity contribution < 1.29 is 5.21 Å². The van der Waals surface area contributed by atoms with Gasteiger partial charge in [0.05, 0.1) is 0 Å². The molecule has 1 heterocycles. The lowest BCUT2D eigenvalue weighted by Crippen LogP contribution is -2.10. The summed E-state index contributed by atoms with van der Waals surface area (Å²) in [6.07, 6.45) is 5.28. The summed E-state index contributed by atoms with van der Waals surface area (Å²) in [4.78, 5) is 4.13. The SMILES string of the molecule is Cc1cccc(C(=NO)c2cccnc2)c1CCc1ccccc1. The van der Waals surface area contributed by atoms with E-state index in [1.54, 1.807) is 12.4 Å². The van der Waals surface area contributed by atoms with Gasteiger partial charge >= 0.3 is 0 Å². The van der Waals surface area contributed by atoms with E-state index in [0.717, 1.165) is 24.0 Å². The quantitative estimate of drug-likeness (QED) is 0.431. The van der Waals surface area contributed by atoms with Crippen LogP contribution in [-0.2, 0) is 12.8 Å². The van der Waals surface area contributed by atoms with Crippen LogP contribution in [0, 0.1) is 6.92 Å². The predicted molar refractivity (Wildman–Crippen MR) is 96.7 cm³/mol. The zero-order chi connectivity index (χ0) is 16.8. The van der Waals surface area contributed by atoms with E-state index in [9.17, 15) is 5.21 Å². The van der Waals surface area contributed by atoms with Crippen LogP contribution in [0.2, 0.25) is 0 Å². The molecular weight excluding hydrogens is 296 g/mol. The molecule has 120 valence electrons. The average molecular weight is 316 g/mol. The third-order valence-corrected chi connectivity index (χ3v) is 4.21. The van der Waals surface area contributed by atoms with Gasteiger partial charge in [-0.15, -0.1) is 0 Å². The zero-order valence-electron chi connectivity index (χ0n) is 13.7. The molecule has 1 N–H and O–H groups in total. The minimum absolute atomic E-state index is 0.565. The Kier molecular flexibility index (Phi) is 5.02. The molecule has 3 rings (SSSR count). The molecule has 3 nitrogen and oxygen atoms in total. The lowest BCUT2D eigenvalue weighted by Gasteiger charge is -2.14. The molecule has 24 heavy (non-hydrogen) atoms. The fourth-order valence-electron chi connectivity index (χ4n) is 2.94. The number of rotatable bonds is 5. The van der Waals surface area contributed by atoms with E-state index in [-0.39, 0.29) is 0 Å². The summed E-state index contributed by atoms with van der Waals surface area (Å²) >= 11 is 0. The molecule has 0 aliphatic heterocycles. The first-order chi connectivity index (χ1) is 11.8. The second-order valence-corrected chi connectivity index (χ2v) is 5.78. The summed E-state index contributed by atoms with van der Waals surface area (Å²) in [5.41, 5.74) is 6.05. The van der Waals surface area contributed by atoms with Gasteiger partial charge in [0.1, 0.15) is 5.71 Å². The highest BCUT2D eigenvalue weighted by atomic mass is 16.4.